The van der Waals surface area contributed by atoms with Crippen LogP contribution in [-0.4, -0.2) is 0 Å². The molecule has 1 fully saturated rings. The maximum atomic E-state index is 13.5. The van der Waals surface area contributed by atoms with E-state index in [4.69, 9.17) is 0 Å². The average molecular weight is 194 g/mol. The summed E-state index contributed by atoms with van der Waals surface area (Å²) in [6, 6.07) is 4.01. The molecule has 0 aliphatic heterocycles. The zero-order chi connectivity index (χ0) is 10.2. The molecule has 74 valence electrons. The third kappa shape index (κ3) is 1.17. The maximum absolute atomic E-state index is 13.5. The van der Waals surface area contributed by atoms with Gasteiger partial charge in [-0.2, -0.15) is 0 Å². The lowest BCUT2D eigenvalue weighted by atomic mass is 9.64. The lowest BCUT2D eigenvalue weighted by Gasteiger charge is -2.39. The molecule has 1 aromatic rings. The second-order valence-corrected chi connectivity index (χ2v) is 3.81. The van der Waals surface area contributed by atoms with Crippen molar-refractivity contribution in [3.8, 4) is 0 Å². The first-order valence-electron chi connectivity index (χ1n) is 4.78. The Bertz CT molecular complexity index is 344. The molecule has 0 unspecified atom stereocenters. The summed E-state index contributed by atoms with van der Waals surface area (Å²) in [4.78, 5) is 0. The van der Waals surface area contributed by atoms with Crippen LogP contribution in [0.25, 0.3) is 0 Å². The van der Waals surface area contributed by atoms with E-state index in [1.54, 1.807) is 6.08 Å². The molecular weight excluding hydrogens is 182 g/mol. The molecule has 0 spiro atoms. The summed E-state index contributed by atoms with van der Waals surface area (Å²) in [5.41, 5.74) is -0.253. The van der Waals surface area contributed by atoms with Gasteiger partial charge in [0.05, 0.1) is 0 Å². The van der Waals surface area contributed by atoms with Crippen molar-refractivity contribution in [1.82, 2.24) is 0 Å². The summed E-state index contributed by atoms with van der Waals surface area (Å²) in [5.74, 6) is -0.908. The fourth-order valence-corrected chi connectivity index (χ4v) is 2.09. The lowest BCUT2D eigenvalue weighted by Crippen LogP contribution is -2.33. The Morgan fingerprint density at radius 2 is 1.79 bits per heavy atom. The van der Waals surface area contributed by atoms with E-state index in [1.807, 2.05) is 0 Å². The van der Waals surface area contributed by atoms with Crippen molar-refractivity contribution in [2.75, 3.05) is 0 Å². The first-order chi connectivity index (χ1) is 6.69. The van der Waals surface area contributed by atoms with Crippen LogP contribution in [0.15, 0.2) is 30.9 Å². The van der Waals surface area contributed by atoms with Crippen molar-refractivity contribution in [2.24, 2.45) is 0 Å². The molecule has 0 heterocycles. The highest BCUT2D eigenvalue weighted by atomic mass is 19.1. The van der Waals surface area contributed by atoms with Gasteiger partial charge < -0.3 is 0 Å². The summed E-state index contributed by atoms with van der Waals surface area (Å²) < 4.78 is 26.9. The van der Waals surface area contributed by atoms with E-state index in [1.165, 1.54) is 18.2 Å². The molecule has 0 saturated heterocycles. The van der Waals surface area contributed by atoms with E-state index in [9.17, 15) is 8.78 Å². The van der Waals surface area contributed by atoms with E-state index in [2.05, 4.69) is 6.58 Å². The van der Waals surface area contributed by atoms with Crippen molar-refractivity contribution in [2.45, 2.75) is 24.7 Å². The van der Waals surface area contributed by atoms with E-state index >= 15 is 0 Å². The van der Waals surface area contributed by atoms with Gasteiger partial charge in [0, 0.05) is 11.0 Å². The SMILES string of the molecule is C=CC1(c2c(F)cccc2F)CCC1. The second-order valence-electron chi connectivity index (χ2n) is 3.81. The number of benzene rings is 1. The molecule has 1 aliphatic carbocycles. The van der Waals surface area contributed by atoms with Gasteiger partial charge in [-0.15, -0.1) is 6.58 Å². The number of rotatable bonds is 2. The molecule has 0 atom stereocenters. The quantitative estimate of drug-likeness (QED) is 0.631. The number of hydrogen-bond donors (Lipinski definition) is 0. The molecule has 14 heavy (non-hydrogen) atoms. The zero-order valence-electron chi connectivity index (χ0n) is 7.89. The molecule has 1 saturated carbocycles. The fourth-order valence-electron chi connectivity index (χ4n) is 2.09. The summed E-state index contributed by atoms with van der Waals surface area (Å²) >= 11 is 0. The van der Waals surface area contributed by atoms with Crippen molar-refractivity contribution in [1.29, 1.82) is 0 Å². The summed E-state index contributed by atoms with van der Waals surface area (Å²) in [6.45, 7) is 3.68. The highest BCUT2D eigenvalue weighted by Crippen LogP contribution is 2.46. The van der Waals surface area contributed by atoms with Gasteiger partial charge in [-0.05, 0) is 25.0 Å². The predicted molar refractivity (Wildman–Crippen MR) is 52.1 cm³/mol. The van der Waals surface area contributed by atoms with Gasteiger partial charge in [0.25, 0.3) is 0 Å². The minimum absolute atomic E-state index is 0.196. The molecule has 0 aromatic heterocycles. The normalized spacial score (nSPS) is 18.7. The molecule has 0 bridgehead atoms. The van der Waals surface area contributed by atoms with Crippen LogP contribution in [0.1, 0.15) is 24.8 Å². The molecule has 0 nitrogen and oxygen atoms in total. The molecule has 2 heteroatoms. The predicted octanol–water partition coefficient (Wildman–Crippen LogP) is 3.57. The second kappa shape index (κ2) is 3.19. The van der Waals surface area contributed by atoms with Crippen LogP contribution in [0.4, 0.5) is 8.78 Å². The van der Waals surface area contributed by atoms with Gasteiger partial charge in [0.15, 0.2) is 0 Å². The van der Waals surface area contributed by atoms with Crippen molar-refractivity contribution >= 4 is 0 Å². The standard InChI is InChI=1S/C12H12F2/c1-2-12(7-4-8-12)11-9(13)5-3-6-10(11)14/h2-3,5-6H,1,4,7-8H2. The lowest BCUT2D eigenvalue weighted by molar-refractivity contribution is 0.292. The molecule has 1 aromatic carbocycles. The fraction of sp³-hybridized carbons (Fsp3) is 0.333. The maximum Gasteiger partial charge on any atom is 0.130 e. The van der Waals surface area contributed by atoms with Crippen LogP contribution < -0.4 is 0 Å². The van der Waals surface area contributed by atoms with Crippen LogP contribution in [0.2, 0.25) is 0 Å². The van der Waals surface area contributed by atoms with Gasteiger partial charge in [0.2, 0.25) is 0 Å². The largest absolute Gasteiger partial charge is 0.207 e. The minimum atomic E-state index is -0.454. The Kier molecular flexibility index (Phi) is 2.14. The summed E-state index contributed by atoms with van der Waals surface area (Å²) in [7, 11) is 0. The highest BCUT2D eigenvalue weighted by Gasteiger charge is 2.39. The average Bonchev–Trinajstić information content (AvgIpc) is 2.08. The van der Waals surface area contributed by atoms with Crippen molar-refractivity contribution in [3.63, 3.8) is 0 Å². The monoisotopic (exact) mass is 194 g/mol. The van der Waals surface area contributed by atoms with Gasteiger partial charge >= 0.3 is 0 Å². The third-order valence-electron chi connectivity index (χ3n) is 3.10. The van der Waals surface area contributed by atoms with Crippen LogP contribution >= 0.6 is 0 Å². The molecule has 2 rings (SSSR count). The first-order valence-corrected chi connectivity index (χ1v) is 4.78. The Balaban J connectivity index is 2.54. The van der Waals surface area contributed by atoms with Crippen LogP contribution in [0.3, 0.4) is 0 Å². The van der Waals surface area contributed by atoms with E-state index in [0.717, 1.165) is 19.3 Å². The third-order valence-corrected chi connectivity index (χ3v) is 3.10. The Labute approximate surface area is 82.3 Å². The van der Waals surface area contributed by atoms with Crippen LogP contribution in [-0.2, 0) is 5.41 Å². The van der Waals surface area contributed by atoms with E-state index in [0.29, 0.717) is 0 Å². The van der Waals surface area contributed by atoms with Gasteiger partial charge in [-0.3, -0.25) is 0 Å². The topological polar surface area (TPSA) is 0 Å². The number of hydrogen-bond acceptors (Lipinski definition) is 0. The van der Waals surface area contributed by atoms with Crippen molar-refractivity contribution < 1.29 is 8.78 Å². The first kappa shape index (κ1) is 9.38. The van der Waals surface area contributed by atoms with E-state index in [-0.39, 0.29) is 5.56 Å². The van der Waals surface area contributed by atoms with Crippen molar-refractivity contribution in [3.05, 3.63) is 48.1 Å². The minimum Gasteiger partial charge on any atom is -0.207 e. The van der Waals surface area contributed by atoms with Gasteiger partial charge in [0.1, 0.15) is 11.6 Å². The highest BCUT2D eigenvalue weighted by molar-refractivity contribution is 5.35. The summed E-state index contributed by atoms with van der Waals surface area (Å²) in [5, 5.41) is 0. The summed E-state index contributed by atoms with van der Waals surface area (Å²) in [6.07, 6.45) is 4.29. The molecule has 0 amide bonds. The molecule has 0 N–H and O–H groups in total. The Morgan fingerprint density at radius 1 is 1.21 bits per heavy atom. The van der Waals surface area contributed by atoms with E-state index < -0.39 is 17.0 Å². The molecular formula is C12H12F2. The van der Waals surface area contributed by atoms with Crippen LogP contribution in [0, 0.1) is 11.6 Å². The Morgan fingerprint density at radius 3 is 2.14 bits per heavy atom. The van der Waals surface area contributed by atoms with Gasteiger partial charge in [-0.25, -0.2) is 8.78 Å². The number of halogens is 2. The van der Waals surface area contributed by atoms with Gasteiger partial charge in [-0.1, -0.05) is 18.6 Å². The Hall–Kier alpha value is -1.18. The molecule has 0 radical (unpaired) electrons. The van der Waals surface area contributed by atoms with Crippen LogP contribution in [0.5, 0.6) is 0 Å². The zero-order valence-corrected chi connectivity index (χ0v) is 7.89. The molecule has 1 aliphatic rings. The smallest absolute Gasteiger partial charge is 0.130 e. The number of allylic oxidation sites excluding steroid dienone is 1.